The Balaban J connectivity index is 1.51. The van der Waals surface area contributed by atoms with Gasteiger partial charge < -0.3 is 15.0 Å². The van der Waals surface area contributed by atoms with Gasteiger partial charge in [-0.1, -0.05) is 30.3 Å². The molecule has 2 saturated heterocycles. The van der Waals surface area contributed by atoms with Crippen molar-refractivity contribution in [3.63, 3.8) is 0 Å². The average Bonchev–Trinajstić information content (AvgIpc) is 3.59. The van der Waals surface area contributed by atoms with Crippen molar-refractivity contribution >= 4 is 39.7 Å². The molecule has 5 nitrogen and oxygen atoms in total. The molecule has 3 aromatic rings. The van der Waals surface area contributed by atoms with Gasteiger partial charge in [0.25, 0.3) is 0 Å². The Morgan fingerprint density at radius 1 is 0.857 bits per heavy atom. The number of hydrogen-bond donors (Lipinski definition) is 1. The molecule has 4 aliphatic heterocycles. The van der Waals surface area contributed by atoms with Crippen molar-refractivity contribution in [2.75, 3.05) is 44.5 Å². The van der Waals surface area contributed by atoms with Crippen LogP contribution in [0.2, 0.25) is 0 Å². The number of benzene rings is 3. The summed E-state index contributed by atoms with van der Waals surface area (Å²) in [4.78, 5) is 7.76. The number of likely N-dealkylation sites (tertiary alicyclic amines) is 2. The summed E-state index contributed by atoms with van der Waals surface area (Å²) in [6, 6.07) is 24.7. The van der Waals surface area contributed by atoms with Crippen LogP contribution >= 0.6 is 22.6 Å². The fraction of sp³-hybridized carbons (Fsp3) is 0.379. The Morgan fingerprint density at radius 2 is 1.57 bits per heavy atom. The molecule has 6 heteroatoms. The van der Waals surface area contributed by atoms with Crippen molar-refractivity contribution in [1.82, 2.24) is 9.80 Å². The average molecular weight is 578 g/mol. The normalized spacial score (nSPS) is 31.1. The van der Waals surface area contributed by atoms with Gasteiger partial charge >= 0.3 is 0 Å². The molecular formula is C29H31IN4O. The lowest BCUT2D eigenvalue weighted by atomic mass is 9.55. The maximum Gasteiger partial charge on any atom is 0.119 e. The first-order valence-electron chi connectivity index (χ1n) is 12.5. The molecule has 7 rings (SSSR count). The topological polar surface area (TPSA) is 31.0 Å². The molecule has 0 bridgehead atoms. The van der Waals surface area contributed by atoms with Crippen molar-refractivity contribution in [3.05, 3.63) is 81.4 Å². The Morgan fingerprint density at radius 3 is 2.37 bits per heavy atom. The second-order valence-electron chi connectivity index (χ2n) is 10.6. The Labute approximate surface area is 221 Å². The maximum absolute atomic E-state index is 5.48. The summed E-state index contributed by atoms with van der Waals surface area (Å²) in [5.74, 6) is 0.895. The van der Waals surface area contributed by atoms with Crippen LogP contribution in [0.25, 0.3) is 0 Å². The summed E-state index contributed by atoms with van der Waals surface area (Å²) in [6.07, 6.45) is 2.83. The number of para-hydroxylation sites is 2. The van der Waals surface area contributed by atoms with Crippen LogP contribution in [-0.4, -0.2) is 56.4 Å². The third-order valence-electron chi connectivity index (χ3n) is 9.29. The minimum absolute atomic E-state index is 0.00891. The standard InChI is InChI=1S/C29H31IN4O/c1-32-17-15-28(22-8-6-9-23(30)25(22)31-26(28)32)29-16-18-33(2)27(29)34(24-10-5-4-7-21(24)29)19-11-13-20(35-3)14-12-19/h4-14,26-27,31H,15-18H2,1-3H3. The van der Waals surface area contributed by atoms with Gasteiger partial charge in [-0.15, -0.1) is 0 Å². The number of likely N-dealkylation sites (N-methyl/N-ethyl adjacent to an activating group) is 2. The minimum Gasteiger partial charge on any atom is -0.497 e. The van der Waals surface area contributed by atoms with Crippen LogP contribution in [0.4, 0.5) is 17.1 Å². The van der Waals surface area contributed by atoms with E-state index in [9.17, 15) is 0 Å². The molecule has 0 aliphatic carbocycles. The van der Waals surface area contributed by atoms with Gasteiger partial charge in [0.1, 0.15) is 5.75 Å². The van der Waals surface area contributed by atoms with E-state index in [1.807, 2.05) is 0 Å². The molecular weight excluding hydrogens is 547 g/mol. The Bertz CT molecular complexity index is 1310. The number of ether oxygens (including phenoxy) is 1. The third-order valence-corrected chi connectivity index (χ3v) is 10.2. The smallest absolute Gasteiger partial charge is 0.119 e. The number of nitrogens with one attached hydrogen (secondary N) is 1. The summed E-state index contributed by atoms with van der Waals surface area (Å²) in [6.45, 7) is 2.19. The van der Waals surface area contributed by atoms with Gasteiger partial charge in [-0.2, -0.15) is 0 Å². The summed E-state index contributed by atoms with van der Waals surface area (Å²) < 4.78 is 6.80. The van der Waals surface area contributed by atoms with Crippen LogP contribution in [0, 0.1) is 3.57 Å². The number of methoxy groups -OCH3 is 1. The molecule has 4 atom stereocenters. The molecule has 4 heterocycles. The highest BCUT2D eigenvalue weighted by Gasteiger charge is 2.72. The lowest BCUT2D eigenvalue weighted by Gasteiger charge is -2.49. The van der Waals surface area contributed by atoms with Crippen LogP contribution in [0.5, 0.6) is 5.75 Å². The second kappa shape index (κ2) is 7.60. The van der Waals surface area contributed by atoms with E-state index in [0.717, 1.165) is 31.7 Å². The van der Waals surface area contributed by atoms with Crippen LogP contribution in [0.15, 0.2) is 66.7 Å². The maximum atomic E-state index is 5.48. The molecule has 0 spiro atoms. The van der Waals surface area contributed by atoms with Crippen molar-refractivity contribution in [1.29, 1.82) is 0 Å². The Kier molecular flexibility index (Phi) is 4.77. The first kappa shape index (κ1) is 21.9. The largest absolute Gasteiger partial charge is 0.497 e. The van der Waals surface area contributed by atoms with Crippen molar-refractivity contribution in [3.8, 4) is 5.75 Å². The first-order chi connectivity index (χ1) is 17.0. The number of nitrogens with zero attached hydrogens (tertiary/aromatic N) is 3. The number of hydrogen-bond acceptors (Lipinski definition) is 5. The van der Waals surface area contributed by atoms with E-state index in [4.69, 9.17) is 4.74 Å². The van der Waals surface area contributed by atoms with Crippen LogP contribution in [0.3, 0.4) is 0 Å². The van der Waals surface area contributed by atoms with E-state index >= 15 is 0 Å². The van der Waals surface area contributed by atoms with E-state index in [0.29, 0.717) is 0 Å². The number of fused-ring (bicyclic) bond motifs is 7. The third kappa shape index (κ3) is 2.60. The fourth-order valence-electron chi connectivity index (χ4n) is 7.98. The molecule has 0 saturated carbocycles. The predicted molar refractivity (Wildman–Crippen MR) is 150 cm³/mol. The molecule has 1 N–H and O–H groups in total. The van der Waals surface area contributed by atoms with E-state index < -0.39 is 0 Å². The lowest BCUT2D eigenvalue weighted by Crippen LogP contribution is -2.61. The van der Waals surface area contributed by atoms with Crippen molar-refractivity contribution in [2.24, 2.45) is 0 Å². The van der Waals surface area contributed by atoms with Gasteiger partial charge in [-0.25, -0.2) is 0 Å². The van der Waals surface area contributed by atoms with Gasteiger partial charge in [0.05, 0.1) is 25.1 Å². The highest BCUT2D eigenvalue weighted by atomic mass is 127. The zero-order valence-corrected chi connectivity index (χ0v) is 22.6. The van der Waals surface area contributed by atoms with Gasteiger partial charge in [-0.3, -0.25) is 9.80 Å². The van der Waals surface area contributed by atoms with Gasteiger partial charge in [0.2, 0.25) is 0 Å². The van der Waals surface area contributed by atoms with Gasteiger partial charge in [0, 0.05) is 38.9 Å². The SMILES string of the molecule is COc1ccc(N2c3ccccc3C3(C45CCN(C)C4Nc4c(I)cccc45)CCN(C)C23)cc1. The quantitative estimate of drug-likeness (QED) is 0.423. The Hall–Kier alpha value is -2.29. The first-order valence-corrected chi connectivity index (χ1v) is 13.6. The molecule has 35 heavy (non-hydrogen) atoms. The van der Waals surface area contributed by atoms with Crippen LogP contribution in [0.1, 0.15) is 24.0 Å². The molecule has 0 aromatic heterocycles. The zero-order chi connectivity index (χ0) is 23.9. The predicted octanol–water partition coefficient (Wildman–Crippen LogP) is 5.38. The monoisotopic (exact) mass is 578 g/mol. The molecule has 4 unspecified atom stereocenters. The fourth-order valence-corrected chi connectivity index (χ4v) is 8.63. The molecule has 180 valence electrons. The second-order valence-corrected chi connectivity index (χ2v) is 11.7. The van der Waals surface area contributed by atoms with Gasteiger partial charge in [-0.05, 0) is 97.1 Å². The van der Waals surface area contributed by atoms with Gasteiger partial charge in [0.15, 0.2) is 0 Å². The molecule has 4 aliphatic rings. The molecule has 0 radical (unpaired) electrons. The zero-order valence-electron chi connectivity index (χ0n) is 20.5. The van der Waals surface area contributed by atoms with E-state index in [1.165, 1.54) is 31.8 Å². The van der Waals surface area contributed by atoms with E-state index in [2.05, 4.69) is 123 Å². The summed E-state index contributed by atoms with van der Waals surface area (Å²) >= 11 is 2.51. The number of halogens is 1. The summed E-state index contributed by atoms with van der Waals surface area (Å²) in [5.41, 5.74) is 6.88. The van der Waals surface area contributed by atoms with Crippen LogP contribution in [-0.2, 0) is 10.8 Å². The summed E-state index contributed by atoms with van der Waals surface area (Å²) in [5, 5.41) is 4.02. The highest BCUT2D eigenvalue weighted by molar-refractivity contribution is 14.1. The molecule has 0 amide bonds. The van der Waals surface area contributed by atoms with E-state index in [1.54, 1.807) is 7.11 Å². The highest BCUT2D eigenvalue weighted by Crippen LogP contribution is 2.68. The number of rotatable bonds is 3. The van der Waals surface area contributed by atoms with Crippen molar-refractivity contribution in [2.45, 2.75) is 36.0 Å². The minimum atomic E-state index is -0.0314. The van der Waals surface area contributed by atoms with Crippen molar-refractivity contribution < 1.29 is 4.74 Å². The molecule has 3 aromatic carbocycles. The van der Waals surface area contributed by atoms with E-state index in [-0.39, 0.29) is 23.2 Å². The number of anilines is 3. The molecule has 2 fully saturated rings. The lowest BCUT2D eigenvalue weighted by molar-refractivity contribution is 0.138. The summed E-state index contributed by atoms with van der Waals surface area (Å²) in [7, 11) is 6.35. The van der Waals surface area contributed by atoms with Crippen LogP contribution < -0.4 is 15.0 Å².